The fourth-order valence-electron chi connectivity index (χ4n) is 4.03. The molecule has 1 aromatic carbocycles. The summed E-state index contributed by atoms with van der Waals surface area (Å²) < 4.78 is 7.17. The first-order valence-electron chi connectivity index (χ1n) is 8.99. The Kier molecular flexibility index (Phi) is 4.43. The third-order valence-electron chi connectivity index (χ3n) is 5.88. The van der Waals surface area contributed by atoms with Crippen molar-refractivity contribution < 1.29 is 9.53 Å². The molecule has 3 aliphatic rings. The summed E-state index contributed by atoms with van der Waals surface area (Å²) in [6.45, 7) is 5.42. The molecule has 1 spiro atoms. The molecule has 0 N–H and O–H groups in total. The zero-order valence-electron chi connectivity index (χ0n) is 14.2. The van der Waals surface area contributed by atoms with Crippen LogP contribution in [0.2, 0.25) is 0 Å². The van der Waals surface area contributed by atoms with Gasteiger partial charge in [-0.05, 0) is 50.3 Å². The number of hydrogen-bond donors (Lipinski definition) is 0. The Morgan fingerprint density at radius 2 is 1.88 bits per heavy atom. The van der Waals surface area contributed by atoms with Crippen molar-refractivity contribution in [3.05, 3.63) is 34.3 Å². The first kappa shape index (κ1) is 16.6. The highest BCUT2D eigenvalue weighted by Crippen LogP contribution is 2.37. The van der Waals surface area contributed by atoms with Gasteiger partial charge in [0, 0.05) is 29.6 Å². The van der Waals surface area contributed by atoms with Crippen molar-refractivity contribution in [3.63, 3.8) is 0 Å². The number of nitrogens with zero attached hydrogens (tertiary/aromatic N) is 2. The maximum Gasteiger partial charge on any atom is 0.248 e. The standard InChI is InChI=1S/C19H25BrN2O2/c1-14(15-2-4-16(20)5-3-15)21-10-8-19(9-11-21)13-22(17-6-7-17)18(23)12-24-19/h2-5,14,17H,6-13H2,1H3. The van der Waals surface area contributed by atoms with Gasteiger partial charge in [0.15, 0.2) is 0 Å². The van der Waals surface area contributed by atoms with Crippen molar-refractivity contribution in [1.29, 1.82) is 0 Å². The topological polar surface area (TPSA) is 32.8 Å². The second-order valence-corrected chi connectivity index (χ2v) is 8.40. The third kappa shape index (κ3) is 3.26. The molecule has 1 unspecified atom stereocenters. The van der Waals surface area contributed by atoms with Gasteiger partial charge in [-0.3, -0.25) is 9.69 Å². The van der Waals surface area contributed by atoms with Crippen LogP contribution in [0.5, 0.6) is 0 Å². The number of amides is 1. The molecule has 0 radical (unpaired) electrons. The molecule has 0 bridgehead atoms. The summed E-state index contributed by atoms with van der Waals surface area (Å²) in [6.07, 6.45) is 4.39. The maximum atomic E-state index is 12.1. The fraction of sp³-hybridized carbons (Fsp3) is 0.632. The molecule has 2 saturated heterocycles. The van der Waals surface area contributed by atoms with E-state index < -0.39 is 0 Å². The molecule has 3 fully saturated rings. The first-order valence-corrected chi connectivity index (χ1v) is 9.79. The second kappa shape index (κ2) is 6.43. The SMILES string of the molecule is CC(c1ccc(Br)cc1)N1CCC2(CC1)CN(C1CC1)C(=O)CO2. The van der Waals surface area contributed by atoms with Gasteiger partial charge >= 0.3 is 0 Å². The highest BCUT2D eigenvalue weighted by atomic mass is 79.9. The van der Waals surface area contributed by atoms with Crippen LogP contribution in [-0.2, 0) is 9.53 Å². The number of benzene rings is 1. The van der Waals surface area contributed by atoms with E-state index in [1.165, 1.54) is 18.4 Å². The molecular weight excluding hydrogens is 368 g/mol. The van der Waals surface area contributed by atoms with Crippen LogP contribution in [0.1, 0.15) is 44.2 Å². The molecule has 130 valence electrons. The van der Waals surface area contributed by atoms with Crippen LogP contribution in [0.15, 0.2) is 28.7 Å². The number of rotatable bonds is 3. The lowest BCUT2D eigenvalue weighted by Crippen LogP contribution is -2.59. The normalized spacial score (nSPS) is 25.9. The summed E-state index contributed by atoms with van der Waals surface area (Å²) in [5.41, 5.74) is 1.25. The van der Waals surface area contributed by atoms with E-state index in [4.69, 9.17) is 4.74 Å². The van der Waals surface area contributed by atoms with Crippen molar-refractivity contribution in [2.75, 3.05) is 26.2 Å². The van der Waals surface area contributed by atoms with Crippen molar-refractivity contribution in [2.45, 2.75) is 50.3 Å². The molecule has 0 aromatic heterocycles. The molecule has 1 atom stereocenters. The number of morpholine rings is 1. The average molecular weight is 393 g/mol. The van der Waals surface area contributed by atoms with E-state index >= 15 is 0 Å². The Hall–Kier alpha value is -0.910. The lowest BCUT2D eigenvalue weighted by molar-refractivity contribution is -0.173. The van der Waals surface area contributed by atoms with Crippen LogP contribution in [0.25, 0.3) is 0 Å². The van der Waals surface area contributed by atoms with E-state index in [9.17, 15) is 4.79 Å². The van der Waals surface area contributed by atoms with Crippen molar-refractivity contribution in [1.82, 2.24) is 9.80 Å². The monoisotopic (exact) mass is 392 g/mol. The fourth-order valence-corrected chi connectivity index (χ4v) is 4.30. The molecule has 2 aliphatic heterocycles. The Balaban J connectivity index is 1.39. The summed E-state index contributed by atoms with van der Waals surface area (Å²) in [5.74, 6) is 0.189. The molecular formula is C19H25BrN2O2. The van der Waals surface area contributed by atoms with Crippen molar-refractivity contribution >= 4 is 21.8 Å². The Labute approximate surface area is 152 Å². The smallest absolute Gasteiger partial charge is 0.248 e. The number of carbonyl (C=O) groups is 1. The molecule has 4 rings (SSSR count). The van der Waals surface area contributed by atoms with Crippen LogP contribution in [0.3, 0.4) is 0 Å². The molecule has 2 heterocycles. The van der Waals surface area contributed by atoms with Gasteiger partial charge in [0.25, 0.3) is 0 Å². The number of piperidine rings is 1. The highest BCUT2D eigenvalue weighted by Gasteiger charge is 2.46. The minimum Gasteiger partial charge on any atom is -0.363 e. The number of halogens is 1. The predicted octanol–water partition coefficient (Wildman–Crippen LogP) is 3.37. The van der Waals surface area contributed by atoms with Crippen LogP contribution < -0.4 is 0 Å². The van der Waals surface area contributed by atoms with Crippen molar-refractivity contribution in [2.24, 2.45) is 0 Å². The number of ether oxygens (including phenoxy) is 1. The van der Waals surface area contributed by atoms with E-state index in [2.05, 4.69) is 56.9 Å². The lowest BCUT2D eigenvalue weighted by Gasteiger charge is -2.48. The average Bonchev–Trinajstić information content (AvgIpc) is 3.43. The number of hydrogen-bond acceptors (Lipinski definition) is 3. The third-order valence-corrected chi connectivity index (χ3v) is 6.41. The Morgan fingerprint density at radius 1 is 1.21 bits per heavy atom. The minimum absolute atomic E-state index is 0.105. The summed E-state index contributed by atoms with van der Waals surface area (Å²) in [4.78, 5) is 16.7. The van der Waals surface area contributed by atoms with Gasteiger partial charge in [-0.1, -0.05) is 28.1 Å². The zero-order chi connectivity index (χ0) is 16.7. The van der Waals surface area contributed by atoms with Gasteiger partial charge in [-0.25, -0.2) is 0 Å². The number of likely N-dealkylation sites (tertiary alicyclic amines) is 1. The molecule has 1 amide bonds. The summed E-state index contributed by atoms with van der Waals surface area (Å²) >= 11 is 3.50. The number of carbonyl (C=O) groups excluding carboxylic acids is 1. The van der Waals surface area contributed by atoms with Crippen LogP contribution >= 0.6 is 15.9 Å². The van der Waals surface area contributed by atoms with Crippen LogP contribution in [0, 0.1) is 0 Å². The van der Waals surface area contributed by atoms with E-state index in [-0.39, 0.29) is 18.1 Å². The van der Waals surface area contributed by atoms with Crippen LogP contribution in [-0.4, -0.2) is 53.6 Å². The maximum absolute atomic E-state index is 12.1. The summed E-state index contributed by atoms with van der Waals surface area (Å²) in [7, 11) is 0. The van der Waals surface area contributed by atoms with Gasteiger partial charge < -0.3 is 9.64 Å². The van der Waals surface area contributed by atoms with Gasteiger partial charge in [0.2, 0.25) is 5.91 Å². The second-order valence-electron chi connectivity index (χ2n) is 7.49. The van der Waals surface area contributed by atoms with E-state index in [0.29, 0.717) is 12.1 Å². The van der Waals surface area contributed by atoms with Gasteiger partial charge in [-0.2, -0.15) is 0 Å². The van der Waals surface area contributed by atoms with Crippen LogP contribution in [0.4, 0.5) is 0 Å². The quantitative estimate of drug-likeness (QED) is 0.790. The Bertz CT molecular complexity index is 606. The highest BCUT2D eigenvalue weighted by molar-refractivity contribution is 9.10. The molecule has 24 heavy (non-hydrogen) atoms. The van der Waals surface area contributed by atoms with Gasteiger partial charge in [0.1, 0.15) is 6.61 Å². The summed E-state index contributed by atoms with van der Waals surface area (Å²) in [5, 5.41) is 0. The molecule has 1 aliphatic carbocycles. The van der Waals surface area contributed by atoms with Gasteiger partial charge in [-0.15, -0.1) is 0 Å². The minimum atomic E-state index is -0.105. The van der Waals surface area contributed by atoms with E-state index in [0.717, 1.165) is 36.9 Å². The first-order chi connectivity index (χ1) is 11.6. The molecule has 1 saturated carbocycles. The van der Waals surface area contributed by atoms with E-state index in [1.54, 1.807) is 0 Å². The molecule has 1 aromatic rings. The van der Waals surface area contributed by atoms with E-state index in [1.807, 2.05) is 0 Å². The summed E-state index contributed by atoms with van der Waals surface area (Å²) in [6, 6.07) is 9.53. The predicted molar refractivity (Wildman–Crippen MR) is 96.8 cm³/mol. The largest absolute Gasteiger partial charge is 0.363 e. The molecule has 5 heteroatoms. The van der Waals surface area contributed by atoms with Crippen molar-refractivity contribution in [3.8, 4) is 0 Å². The molecule has 4 nitrogen and oxygen atoms in total. The Morgan fingerprint density at radius 3 is 2.50 bits per heavy atom. The van der Waals surface area contributed by atoms with Gasteiger partial charge in [0.05, 0.1) is 12.1 Å². The lowest BCUT2D eigenvalue weighted by atomic mass is 9.88. The zero-order valence-corrected chi connectivity index (χ0v) is 15.8.